The third-order valence-electron chi connectivity index (χ3n) is 4.18. The van der Waals surface area contributed by atoms with Crippen LogP contribution in [0.15, 0.2) is 48.5 Å². The zero-order chi connectivity index (χ0) is 16.4. The first kappa shape index (κ1) is 14.9. The second kappa shape index (κ2) is 6.43. The van der Waals surface area contributed by atoms with Gasteiger partial charge in [0.2, 0.25) is 5.91 Å². The molecule has 5 nitrogen and oxygen atoms in total. The van der Waals surface area contributed by atoms with Gasteiger partial charge in [-0.25, -0.2) is 0 Å². The van der Waals surface area contributed by atoms with E-state index in [2.05, 4.69) is 10.6 Å². The molecule has 1 amide bonds. The molecule has 1 aliphatic carbocycles. The number of para-hydroxylation sites is 1. The van der Waals surface area contributed by atoms with Gasteiger partial charge in [-0.3, -0.25) is 4.79 Å². The maximum Gasteiger partial charge on any atom is 0.247 e. The van der Waals surface area contributed by atoms with E-state index in [0.29, 0.717) is 30.8 Å². The van der Waals surface area contributed by atoms with Gasteiger partial charge in [-0.05, 0) is 30.5 Å². The Labute approximate surface area is 141 Å². The van der Waals surface area contributed by atoms with Crippen molar-refractivity contribution in [3.63, 3.8) is 0 Å². The Morgan fingerprint density at radius 2 is 1.79 bits per heavy atom. The average molecular weight is 324 g/mol. The molecule has 5 heteroatoms. The van der Waals surface area contributed by atoms with Crippen molar-refractivity contribution in [3.05, 3.63) is 54.1 Å². The minimum Gasteiger partial charge on any atom is -0.486 e. The van der Waals surface area contributed by atoms with Crippen LogP contribution < -0.4 is 20.1 Å². The number of hydrogen-bond acceptors (Lipinski definition) is 4. The lowest BCUT2D eigenvalue weighted by Gasteiger charge is -2.25. The Balaban J connectivity index is 1.63. The molecule has 0 saturated heterocycles. The van der Waals surface area contributed by atoms with Crippen LogP contribution in [0.2, 0.25) is 0 Å². The summed E-state index contributed by atoms with van der Waals surface area (Å²) in [6.45, 7) is 1.05. The van der Waals surface area contributed by atoms with Gasteiger partial charge in [0.15, 0.2) is 11.5 Å². The van der Waals surface area contributed by atoms with E-state index < -0.39 is 6.04 Å². The molecule has 1 aliphatic heterocycles. The maximum atomic E-state index is 12.7. The standard InChI is InChI=1S/C19H20N2O3/c22-19(20-14-9-10-14)17(13-5-2-1-3-6-13)21-15-7-4-8-16-18(15)24-12-11-23-16/h1-8,14,17,21H,9-12H2,(H,20,22)/t17-/m1/s1. The lowest BCUT2D eigenvalue weighted by molar-refractivity contribution is -0.122. The third kappa shape index (κ3) is 3.15. The smallest absolute Gasteiger partial charge is 0.247 e. The molecule has 0 unspecified atom stereocenters. The first-order chi connectivity index (χ1) is 11.8. The van der Waals surface area contributed by atoms with Gasteiger partial charge in [-0.1, -0.05) is 36.4 Å². The van der Waals surface area contributed by atoms with Crippen molar-refractivity contribution in [3.8, 4) is 11.5 Å². The van der Waals surface area contributed by atoms with Crippen molar-refractivity contribution in [2.75, 3.05) is 18.5 Å². The van der Waals surface area contributed by atoms with E-state index in [4.69, 9.17) is 9.47 Å². The van der Waals surface area contributed by atoms with Gasteiger partial charge in [-0.2, -0.15) is 0 Å². The SMILES string of the molecule is O=C(NC1CC1)[C@H](Nc1cccc2c1OCCO2)c1ccccc1. The molecule has 4 rings (SSSR count). The van der Waals surface area contributed by atoms with E-state index in [1.54, 1.807) is 0 Å². The Morgan fingerprint density at radius 3 is 2.58 bits per heavy atom. The molecule has 2 aliphatic rings. The average Bonchev–Trinajstić information content (AvgIpc) is 3.44. The number of amides is 1. The lowest BCUT2D eigenvalue weighted by atomic mass is 10.1. The van der Waals surface area contributed by atoms with E-state index in [0.717, 1.165) is 24.1 Å². The summed E-state index contributed by atoms with van der Waals surface area (Å²) in [4.78, 5) is 12.7. The van der Waals surface area contributed by atoms with E-state index in [1.165, 1.54) is 0 Å². The molecule has 0 radical (unpaired) electrons. The van der Waals surface area contributed by atoms with E-state index in [1.807, 2.05) is 48.5 Å². The molecule has 1 heterocycles. The Morgan fingerprint density at radius 1 is 1.00 bits per heavy atom. The van der Waals surface area contributed by atoms with E-state index in [9.17, 15) is 4.79 Å². The highest BCUT2D eigenvalue weighted by Gasteiger charge is 2.29. The normalized spacial score (nSPS) is 17.0. The molecule has 1 saturated carbocycles. The van der Waals surface area contributed by atoms with Gasteiger partial charge in [0.1, 0.15) is 19.3 Å². The summed E-state index contributed by atoms with van der Waals surface area (Å²) in [5, 5.41) is 6.42. The van der Waals surface area contributed by atoms with Gasteiger partial charge in [-0.15, -0.1) is 0 Å². The maximum absolute atomic E-state index is 12.7. The highest BCUT2D eigenvalue weighted by molar-refractivity contribution is 5.87. The molecule has 0 bridgehead atoms. The number of carbonyl (C=O) groups is 1. The number of fused-ring (bicyclic) bond motifs is 1. The quantitative estimate of drug-likeness (QED) is 0.888. The first-order valence-electron chi connectivity index (χ1n) is 8.32. The summed E-state index contributed by atoms with van der Waals surface area (Å²) in [5.74, 6) is 1.36. The summed E-state index contributed by atoms with van der Waals surface area (Å²) in [5.41, 5.74) is 1.69. The number of benzene rings is 2. The highest BCUT2D eigenvalue weighted by Crippen LogP contribution is 2.39. The summed E-state index contributed by atoms with van der Waals surface area (Å²) in [6.07, 6.45) is 2.12. The fourth-order valence-electron chi connectivity index (χ4n) is 2.80. The zero-order valence-electron chi connectivity index (χ0n) is 13.3. The second-order valence-corrected chi connectivity index (χ2v) is 6.10. The van der Waals surface area contributed by atoms with Crippen LogP contribution in [0.25, 0.3) is 0 Å². The lowest BCUT2D eigenvalue weighted by Crippen LogP contribution is -2.35. The van der Waals surface area contributed by atoms with Crippen LogP contribution in [-0.4, -0.2) is 25.2 Å². The second-order valence-electron chi connectivity index (χ2n) is 6.10. The number of anilines is 1. The molecule has 0 spiro atoms. The summed E-state index contributed by atoms with van der Waals surface area (Å²) < 4.78 is 11.4. The number of rotatable bonds is 5. The molecule has 1 fully saturated rings. The first-order valence-corrected chi connectivity index (χ1v) is 8.32. The van der Waals surface area contributed by atoms with Crippen molar-refractivity contribution in [2.45, 2.75) is 24.9 Å². The molecule has 1 atom stereocenters. The van der Waals surface area contributed by atoms with Crippen LogP contribution in [-0.2, 0) is 4.79 Å². The number of hydrogen-bond donors (Lipinski definition) is 2. The molecule has 0 aromatic heterocycles. The van der Waals surface area contributed by atoms with Crippen LogP contribution in [0.1, 0.15) is 24.4 Å². The van der Waals surface area contributed by atoms with Gasteiger partial charge < -0.3 is 20.1 Å². The third-order valence-corrected chi connectivity index (χ3v) is 4.18. The van der Waals surface area contributed by atoms with Crippen LogP contribution in [0, 0.1) is 0 Å². The number of nitrogens with one attached hydrogen (secondary N) is 2. The molecule has 2 aromatic rings. The minimum atomic E-state index is -0.469. The molecular formula is C19H20N2O3. The van der Waals surface area contributed by atoms with Gasteiger partial charge in [0.25, 0.3) is 0 Å². The van der Waals surface area contributed by atoms with Crippen LogP contribution in [0.3, 0.4) is 0 Å². The van der Waals surface area contributed by atoms with Crippen molar-refractivity contribution < 1.29 is 14.3 Å². The number of ether oxygens (including phenoxy) is 2. The number of carbonyl (C=O) groups excluding carboxylic acids is 1. The molecule has 24 heavy (non-hydrogen) atoms. The van der Waals surface area contributed by atoms with Gasteiger partial charge in [0.05, 0.1) is 5.69 Å². The Bertz CT molecular complexity index is 729. The van der Waals surface area contributed by atoms with Crippen LogP contribution in [0.4, 0.5) is 5.69 Å². The van der Waals surface area contributed by atoms with Crippen LogP contribution >= 0.6 is 0 Å². The summed E-state index contributed by atoms with van der Waals surface area (Å²) in [6, 6.07) is 15.3. The molecular weight excluding hydrogens is 304 g/mol. The topological polar surface area (TPSA) is 59.6 Å². The van der Waals surface area contributed by atoms with Crippen LogP contribution in [0.5, 0.6) is 11.5 Å². The van der Waals surface area contributed by atoms with Crippen molar-refractivity contribution in [1.82, 2.24) is 5.32 Å². The predicted octanol–water partition coefficient (Wildman–Crippen LogP) is 2.89. The van der Waals surface area contributed by atoms with E-state index in [-0.39, 0.29) is 5.91 Å². The minimum absolute atomic E-state index is 0.0157. The fourth-order valence-corrected chi connectivity index (χ4v) is 2.80. The van der Waals surface area contributed by atoms with Gasteiger partial charge >= 0.3 is 0 Å². The molecule has 2 N–H and O–H groups in total. The zero-order valence-corrected chi connectivity index (χ0v) is 13.3. The Kier molecular flexibility index (Phi) is 3.99. The van der Waals surface area contributed by atoms with Crippen molar-refractivity contribution >= 4 is 11.6 Å². The monoisotopic (exact) mass is 324 g/mol. The van der Waals surface area contributed by atoms with Gasteiger partial charge in [0, 0.05) is 6.04 Å². The Hall–Kier alpha value is -2.69. The summed E-state index contributed by atoms with van der Waals surface area (Å²) >= 11 is 0. The van der Waals surface area contributed by atoms with Crippen molar-refractivity contribution in [2.24, 2.45) is 0 Å². The summed E-state index contributed by atoms with van der Waals surface area (Å²) in [7, 11) is 0. The van der Waals surface area contributed by atoms with E-state index >= 15 is 0 Å². The molecule has 2 aromatic carbocycles. The van der Waals surface area contributed by atoms with Crippen molar-refractivity contribution in [1.29, 1.82) is 0 Å². The predicted molar refractivity (Wildman–Crippen MR) is 91.4 cm³/mol. The largest absolute Gasteiger partial charge is 0.486 e. The fraction of sp³-hybridized carbons (Fsp3) is 0.316. The molecule has 124 valence electrons. The highest BCUT2D eigenvalue weighted by atomic mass is 16.6.